The Bertz CT molecular complexity index is 2180. The highest BCUT2D eigenvalue weighted by Crippen LogP contribution is 2.29. The molecule has 15 nitrogen and oxygen atoms in total. The Kier molecular flexibility index (Phi) is 9.67. The molecule has 0 radical (unpaired) electrons. The number of carbonyl (C=O) groups is 3. The molecule has 4 heterocycles. The van der Waals surface area contributed by atoms with Gasteiger partial charge in [-0.15, -0.1) is 0 Å². The molecule has 15 heteroatoms. The van der Waals surface area contributed by atoms with Crippen LogP contribution >= 0.6 is 0 Å². The topological polar surface area (TPSA) is 195 Å². The van der Waals surface area contributed by atoms with Crippen LogP contribution < -0.4 is 10.6 Å². The monoisotopic (exact) mass is 678 g/mol. The van der Waals surface area contributed by atoms with Crippen LogP contribution in [0, 0.1) is 13.8 Å². The van der Waals surface area contributed by atoms with Gasteiger partial charge >= 0.3 is 17.9 Å². The number of carboxylic acid groups (broad SMARTS) is 1. The molecule has 0 fully saturated rings. The lowest BCUT2D eigenvalue weighted by molar-refractivity contribution is -0.141. The molecule has 0 spiro atoms. The quantitative estimate of drug-likeness (QED) is 0.126. The van der Waals surface area contributed by atoms with E-state index >= 15 is 0 Å². The van der Waals surface area contributed by atoms with Crippen LogP contribution in [0.5, 0.6) is 0 Å². The van der Waals surface area contributed by atoms with Crippen molar-refractivity contribution in [2.45, 2.75) is 39.5 Å². The van der Waals surface area contributed by atoms with Gasteiger partial charge in [-0.1, -0.05) is 54.6 Å². The molecule has 2 atom stereocenters. The second kappa shape index (κ2) is 14.4. The largest absolute Gasteiger partial charge is 0.478 e. The number of aliphatic hydroxyl groups is 1. The molecule has 0 bridgehead atoms. The van der Waals surface area contributed by atoms with Gasteiger partial charge in [-0.25, -0.2) is 28.6 Å². The molecule has 4 N–H and O–H groups in total. The van der Waals surface area contributed by atoms with Gasteiger partial charge in [0.25, 0.3) is 0 Å². The lowest BCUT2D eigenvalue weighted by Gasteiger charge is -2.20. The Labute approximate surface area is 285 Å². The minimum absolute atomic E-state index is 0.00886. The predicted octanol–water partition coefficient (Wildman–Crippen LogP) is 4.31. The minimum Gasteiger partial charge on any atom is -0.478 e. The number of benzene rings is 2. The third-order valence-corrected chi connectivity index (χ3v) is 8.32. The van der Waals surface area contributed by atoms with E-state index in [1.807, 2.05) is 30.3 Å². The van der Waals surface area contributed by atoms with Gasteiger partial charge in [0.2, 0.25) is 0 Å². The van der Waals surface area contributed by atoms with Crippen LogP contribution in [0.3, 0.4) is 0 Å². The van der Waals surface area contributed by atoms with Crippen molar-refractivity contribution in [1.82, 2.24) is 29.2 Å². The average Bonchev–Trinajstić information content (AvgIpc) is 3.65. The van der Waals surface area contributed by atoms with Gasteiger partial charge in [0, 0.05) is 19.3 Å². The zero-order chi connectivity index (χ0) is 35.4. The number of hydrogen-bond donors (Lipinski definition) is 4. The SMILES string of the molecule is CC(=O)OC[C@@H](Nc1ncnn2cc(C(=O)OCc3ccc([C@@H](CO)Nc4ncnn5cc(C(=O)O)c(C)c45)cc3)c(C)c12)c1ccccc1. The Morgan fingerprint density at radius 2 is 1.34 bits per heavy atom. The maximum Gasteiger partial charge on any atom is 0.340 e. The molecule has 2 aromatic carbocycles. The number of fused-ring (bicyclic) bond motifs is 2. The molecule has 256 valence electrons. The summed E-state index contributed by atoms with van der Waals surface area (Å²) in [7, 11) is 0. The summed E-state index contributed by atoms with van der Waals surface area (Å²) in [5.74, 6) is -1.20. The number of esters is 2. The van der Waals surface area contributed by atoms with Crippen molar-refractivity contribution in [2.75, 3.05) is 23.8 Å². The Morgan fingerprint density at radius 3 is 1.92 bits per heavy atom. The normalized spacial score (nSPS) is 12.4. The van der Waals surface area contributed by atoms with Crippen LogP contribution in [0.15, 0.2) is 79.6 Å². The maximum atomic E-state index is 13.3. The van der Waals surface area contributed by atoms with E-state index in [0.29, 0.717) is 39.4 Å². The third-order valence-electron chi connectivity index (χ3n) is 8.32. The summed E-state index contributed by atoms with van der Waals surface area (Å²) in [6.45, 7) is 4.60. The molecule has 0 saturated heterocycles. The number of nitrogens with one attached hydrogen (secondary N) is 2. The van der Waals surface area contributed by atoms with E-state index in [2.05, 4.69) is 30.8 Å². The van der Waals surface area contributed by atoms with Crippen LogP contribution in [-0.2, 0) is 20.9 Å². The van der Waals surface area contributed by atoms with E-state index in [0.717, 1.165) is 16.7 Å². The Balaban J connectivity index is 1.15. The van der Waals surface area contributed by atoms with Crippen LogP contribution in [-0.4, -0.2) is 70.5 Å². The standard InChI is InChI=1S/C35H34N8O7/c1-20-26(34(46)47)13-42-30(20)32(36-18-38-42)40-28(15-44)25-11-9-23(10-12-25)16-50-35(48)27-14-43-31(21(27)2)33(37-19-39-43)41-29(17-49-22(3)45)24-7-5-4-6-8-24/h4-14,18-19,28-29,44H,15-17H2,1-3H3,(H,46,47)(H,36,38,40)(H,37,39,41)/t28-,29-/m1/s1. The van der Waals surface area contributed by atoms with E-state index in [-0.39, 0.29) is 25.4 Å². The van der Waals surface area contributed by atoms with E-state index in [1.165, 1.54) is 30.3 Å². The number of aromatic nitrogens is 6. The Morgan fingerprint density at radius 1 is 0.780 bits per heavy atom. The summed E-state index contributed by atoms with van der Waals surface area (Å²) < 4.78 is 14.0. The lowest BCUT2D eigenvalue weighted by Crippen LogP contribution is -2.20. The summed E-state index contributed by atoms with van der Waals surface area (Å²) >= 11 is 0. The second-order valence-electron chi connectivity index (χ2n) is 11.6. The molecule has 0 aliphatic heterocycles. The van der Waals surface area contributed by atoms with Crippen molar-refractivity contribution >= 4 is 40.6 Å². The predicted molar refractivity (Wildman–Crippen MR) is 181 cm³/mol. The number of carboxylic acids is 1. The average molecular weight is 679 g/mol. The molecule has 0 aliphatic carbocycles. The van der Waals surface area contributed by atoms with Gasteiger partial charge in [-0.3, -0.25) is 4.79 Å². The Hall–Kier alpha value is -6.35. The summed E-state index contributed by atoms with van der Waals surface area (Å²) in [6.07, 6.45) is 5.68. The summed E-state index contributed by atoms with van der Waals surface area (Å²) in [4.78, 5) is 45.2. The van der Waals surface area contributed by atoms with Crippen LogP contribution in [0.25, 0.3) is 11.0 Å². The number of aryl methyl sites for hydroxylation is 2. The first-order valence-corrected chi connectivity index (χ1v) is 15.6. The molecule has 4 aromatic heterocycles. The van der Waals surface area contributed by atoms with Crippen LogP contribution in [0.4, 0.5) is 11.6 Å². The zero-order valence-corrected chi connectivity index (χ0v) is 27.4. The first-order valence-electron chi connectivity index (χ1n) is 15.6. The smallest absolute Gasteiger partial charge is 0.340 e. The van der Waals surface area contributed by atoms with E-state index < -0.39 is 30.0 Å². The number of hydrogen-bond acceptors (Lipinski definition) is 12. The first-order chi connectivity index (χ1) is 24.1. The molecule has 6 aromatic rings. The fourth-order valence-electron chi connectivity index (χ4n) is 5.70. The van der Waals surface area contributed by atoms with Crippen molar-refractivity contribution in [2.24, 2.45) is 0 Å². The summed E-state index contributed by atoms with van der Waals surface area (Å²) in [5.41, 5.74) is 4.93. The molecular formula is C35H34N8O7. The van der Waals surface area contributed by atoms with Gasteiger partial charge in [0.15, 0.2) is 11.6 Å². The van der Waals surface area contributed by atoms with Crippen molar-refractivity contribution < 1.29 is 34.1 Å². The molecule has 0 aliphatic rings. The molecule has 6 rings (SSSR count). The minimum atomic E-state index is -1.07. The number of aliphatic hydroxyl groups excluding tert-OH is 1. The molecular weight excluding hydrogens is 644 g/mol. The third kappa shape index (κ3) is 6.93. The molecule has 50 heavy (non-hydrogen) atoms. The van der Waals surface area contributed by atoms with Crippen molar-refractivity contribution in [3.8, 4) is 0 Å². The number of rotatable bonds is 13. The van der Waals surface area contributed by atoms with Gasteiger partial charge in [-0.2, -0.15) is 10.2 Å². The zero-order valence-electron chi connectivity index (χ0n) is 27.4. The molecule has 0 saturated carbocycles. The van der Waals surface area contributed by atoms with Gasteiger partial charge in [-0.05, 0) is 41.7 Å². The van der Waals surface area contributed by atoms with Crippen molar-refractivity contribution in [1.29, 1.82) is 0 Å². The number of nitrogens with zero attached hydrogens (tertiary/aromatic N) is 6. The van der Waals surface area contributed by atoms with Crippen LogP contribution in [0.1, 0.15) is 67.5 Å². The number of ether oxygens (including phenoxy) is 2. The summed E-state index contributed by atoms with van der Waals surface area (Å²) in [6, 6.07) is 15.7. The van der Waals surface area contributed by atoms with E-state index in [4.69, 9.17) is 9.47 Å². The van der Waals surface area contributed by atoms with Crippen molar-refractivity contribution in [3.63, 3.8) is 0 Å². The fraction of sp³-hybridized carbons (Fsp3) is 0.229. The second-order valence-corrected chi connectivity index (χ2v) is 11.6. The highest BCUT2D eigenvalue weighted by molar-refractivity contribution is 5.95. The van der Waals surface area contributed by atoms with E-state index in [9.17, 15) is 24.6 Å². The molecule has 0 unspecified atom stereocenters. The summed E-state index contributed by atoms with van der Waals surface area (Å²) in [5, 5.41) is 34.6. The first kappa shape index (κ1) is 33.5. The maximum absolute atomic E-state index is 13.3. The van der Waals surface area contributed by atoms with Crippen LogP contribution in [0.2, 0.25) is 0 Å². The molecule has 0 amide bonds. The fourth-order valence-corrected chi connectivity index (χ4v) is 5.70. The van der Waals surface area contributed by atoms with E-state index in [1.54, 1.807) is 48.8 Å². The number of aromatic carboxylic acids is 1. The van der Waals surface area contributed by atoms with Crippen molar-refractivity contribution in [3.05, 3.63) is 119 Å². The number of anilines is 2. The van der Waals surface area contributed by atoms with Gasteiger partial charge < -0.3 is 30.3 Å². The highest BCUT2D eigenvalue weighted by Gasteiger charge is 2.23. The van der Waals surface area contributed by atoms with Gasteiger partial charge in [0.05, 0.1) is 29.8 Å². The van der Waals surface area contributed by atoms with Gasteiger partial charge in [0.1, 0.15) is 36.9 Å². The lowest BCUT2D eigenvalue weighted by atomic mass is 10.1. The number of carbonyl (C=O) groups excluding carboxylic acids is 2. The highest BCUT2D eigenvalue weighted by atomic mass is 16.5.